The van der Waals surface area contributed by atoms with E-state index in [9.17, 15) is 19.7 Å². The molecule has 0 bridgehead atoms. The van der Waals surface area contributed by atoms with Crippen LogP contribution in [-0.2, 0) is 4.79 Å². The van der Waals surface area contributed by atoms with Gasteiger partial charge in [0.25, 0.3) is 11.6 Å². The maximum atomic E-state index is 12.3. The number of carbonyl (C=O) groups excluding carboxylic acids is 2. The summed E-state index contributed by atoms with van der Waals surface area (Å²) in [7, 11) is 2.98. The van der Waals surface area contributed by atoms with Crippen LogP contribution in [0.3, 0.4) is 0 Å². The molecular weight excluding hydrogens is 416 g/mol. The molecule has 0 spiro atoms. The zero-order valence-electron chi connectivity index (χ0n) is 16.4. The maximum absolute atomic E-state index is 12.3. The molecule has 10 nitrogen and oxygen atoms in total. The molecule has 0 heterocycles. The lowest BCUT2D eigenvalue weighted by atomic mass is 10.2. The Labute approximate surface area is 177 Å². The van der Waals surface area contributed by atoms with Gasteiger partial charge in [0.05, 0.1) is 41.8 Å². The van der Waals surface area contributed by atoms with E-state index in [1.54, 1.807) is 25.1 Å². The lowest BCUT2D eigenvalue weighted by Gasteiger charge is -2.11. The van der Waals surface area contributed by atoms with Gasteiger partial charge >= 0.3 is 0 Å². The molecule has 2 aromatic rings. The molecule has 0 radical (unpaired) electrons. The molecule has 0 saturated carbocycles. The lowest BCUT2D eigenvalue weighted by molar-refractivity contribution is -0.384. The number of carbonyl (C=O) groups is 2. The number of non-ortho nitro benzene ring substituents is 1. The van der Waals surface area contributed by atoms with Crippen molar-refractivity contribution in [3.63, 3.8) is 0 Å². The van der Waals surface area contributed by atoms with Gasteiger partial charge in [-0.25, -0.2) is 5.43 Å². The number of benzene rings is 2. The van der Waals surface area contributed by atoms with E-state index >= 15 is 0 Å². The molecule has 2 amide bonds. The number of hydrogen-bond donors (Lipinski definition) is 2. The summed E-state index contributed by atoms with van der Waals surface area (Å²) in [5, 5.41) is 17.2. The van der Waals surface area contributed by atoms with Gasteiger partial charge < -0.3 is 14.8 Å². The van der Waals surface area contributed by atoms with Crippen LogP contribution in [0.1, 0.15) is 23.7 Å². The monoisotopic (exact) mass is 434 g/mol. The number of rotatable bonds is 8. The minimum absolute atomic E-state index is 0.0179. The summed E-state index contributed by atoms with van der Waals surface area (Å²) >= 11 is 5.91. The smallest absolute Gasteiger partial charge is 0.272 e. The van der Waals surface area contributed by atoms with E-state index in [2.05, 4.69) is 15.8 Å². The number of methoxy groups -OCH3 is 2. The van der Waals surface area contributed by atoms with Gasteiger partial charge in [-0.1, -0.05) is 11.6 Å². The van der Waals surface area contributed by atoms with E-state index in [0.717, 1.165) is 12.1 Å². The average molecular weight is 435 g/mol. The fraction of sp³-hybridized carbons (Fsp3) is 0.211. The van der Waals surface area contributed by atoms with Gasteiger partial charge in [-0.2, -0.15) is 5.10 Å². The Morgan fingerprint density at radius 3 is 2.50 bits per heavy atom. The van der Waals surface area contributed by atoms with E-state index in [4.69, 9.17) is 21.1 Å². The second-order valence-electron chi connectivity index (χ2n) is 6.00. The summed E-state index contributed by atoms with van der Waals surface area (Å²) in [4.78, 5) is 34.6. The van der Waals surface area contributed by atoms with Crippen LogP contribution in [0.5, 0.6) is 11.5 Å². The molecule has 0 saturated heterocycles. The highest BCUT2D eigenvalue weighted by atomic mass is 35.5. The number of hydrazone groups is 1. The van der Waals surface area contributed by atoms with Crippen LogP contribution in [0.15, 0.2) is 41.5 Å². The quantitative estimate of drug-likeness (QED) is 0.371. The molecule has 2 N–H and O–H groups in total. The average Bonchev–Trinajstić information content (AvgIpc) is 2.71. The van der Waals surface area contributed by atoms with Crippen LogP contribution in [0.25, 0.3) is 0 Å². The number of hydrogen-bond acceptors (Lipinski definition) is 7. The molecule has 2 rings (SSSR count). The van der Waals surface area contributed by atoms with Gasteiger partial charge in [0, 0.05) is 23.9 Å². The van der Waals surface area contributed by atoms with Crippen molar-refractivity contribution in [1.82, 2.24) is 5.43 Å². The van der Waals surface area contributed by atoms with Crippen LogP contribution < -0.4 is 20.2 Å². The predicted molar refractivity (Wildman–Crippen MR) is 111 cm³/mol. The third-order valence-corrected chi connectivity index (χ3v) is 4.17. The molecule has 0 aliphatic rings. The topological polar surface area (TPSA) is 132 Å². The van der Waals surface area contributed by atoms with E-state index < -0.39 is 10.8 Å². The predicted octanol–water partition coefficient (Wildman–Crippen LogP) is 3.40. The summed E-state index contributed by atoms with van der Waals surface area (Å²) in [6, 6.07) is 8.42. The molecule has 30 heavy (non-hydrogen) atoms. The third-order valence-electron chi connectivity index (χ3n) is 3.85. The SMILES string of the molecule is COc1ccc(OC)c(NC(=O)C/C(C)=N/NC(=O)c2ccc([N+](=O)[O-])cc2Cl)c1. The molecule has 158 valence electrons. The van der Waals surface area contributed by atoms with E-state index in [1.807, 2.05) is 0 Å². The molecule has 0 aliphatic carbocycles. The normalized spacial score (nSPS) is 10.9. The van der Waals surface area contributed by atoms with Crippen molar-refractivity contribution in [2.75, 3.05) is 19.5 Å². The minimum Gasteiger partial charge on any atom is -0.497 e. The van der Waals surface area contributed by atoms with Gasteiger partial charge in [-0.05, 0) is 25.1 Å². The van der Waals surface area contributed by atoms with Crippen molar-refractivity contribution in [1.29, 1.82) is 0 Å². The zero-order valence-corrected chi connectivity index (χ0v) is 17.1. The van der Waals surface area contributed by atoms with Crippen molar-refractivity contribution in [2.24, 2.45) is 5.10 Å². The minimum atomic E-state index is -0.663. The van der Waals surface area contributed by atoms with Crippen LogP contribution in [0.2, 0.25) is 5.02 Å². The molecule has 2 aromatic carbocycles. The van der Waals surface area contributed by atoms with Crippen molar-refractivity contribution >= 4 is 40.5 Å². The van der Waals surface area contributed by atoms with Crippen molar-refractivity contribution in [3.05, 3.63) is 57.1 Å². The first-order valence-electron chi connectivity index (χ1n) is 8.54. The first-order chi connectivity index (χ1) is 14.2. The highest BCUT2D eigenvalue weighted by Crippen LogP contribution is 2.29. The summed E-state index contributed by atoms with van der Waals surface area (Å²) in [6.07, 6.45) is -0.103. The fourth-order valence-electron chi connectivity index (χ4n) is 2.39. The van der Waals surface area contributed by atoms with Crippen LogP contribution in [0.4, 0.5) is 11.4 Å². The first-order valence-corrected chi connectivity index (χ1v) is 8.92. The molecule has 11 heteroatoms. The second kappa shape index (κ2) is 10.2. The van der Waals surface area contributed by atoms with Crippen molar-refractivity contribution < 1.29 is 24.0 Å². The Kier molecular flexibility index (Phi) is 7.70. The number of anilines is 1. The van der Waals surface area contributed by atoms with Gasteiger partial charge in [0.15, 0.2) is 0 Å². The maximum Gasteiger partial charge on any atom is 0.272 e. The molecule has 0 atom stereocenters. The standard InChI is InChI=1S/C19H19ClN4O6/c1-11(8-18(25)21-16-10-13(29-2)5-7-17(16)30-3)22-23-19(26)14-6-4-12(24(27)28)9-15(14)20/h4-7,9-10H,8H2,1-3H3,(H,21,25)(H,23,26)/b22-11+. The Morgan fingerprint density at radius 1 is 1.17 bits per heavy atom. The molecule has 0 unspecified atom stereocenters. The van der Waals surface area contributed by atoms with Gasteiger partial charge in [-0.15, -0.1) is 0 Å². The fourth-order valence-corrected chi connectivity index (χ4v) is 2.65. The van der Waals surface area contributed by atoms with E-state index in [1.165, 1.54) is 20.3 Å². The summed E-state index contributed by atoms with van der Waals surface area (Å²) in [6.45, 7) is 1.56. The van der Waals surface area contributed by atoms with Crippen LogP contribution in [-0.4, -0.2) is 36.7 Å². The molecule has 0 fully saturated rings. The number of nitro groups is 1. The summed E-state index contributed by atoms with van der Waals surface area (Å²) < 4.78 is 10.3. The van der Waals surface area contributed by atoms with E-state index in [0.29, 0.717) is 22.9 Å². The van der Waals surface area contributed by atoms with Gasteiger partial charge in [-0.3, -0.25) is 19.7 Å². The second-order valence-corrected chi connectivity index (χ2v) is 6.41. The van der Waals surface area contributed by atoms with Crippen molar-refractivity contribution in [3.8, 4) is 11.5 Å². The van der Waals surface area contributed by atoms with Gasteiger partial charge in [0.1, 0.15) is 11.5 Å². The van der Waals surface area contributed by atoms with Crippen LogP contribution in [0, 0.1) is 10.1 Å². The van der Waals surface area contributed by atoms with Crippen molar-refractivity contribution in [2.45, 2.75) is 13.3 Å². The molecule has 0 aromatic heterocycles. The Hall–Kier alpha value is -3.66. The number of halogens is 1. The van der Waals surface area contributed by atoms with E-state index in [-0.39, 0.29) is 28.6 Å². The number of ether oxygens (including phenoxy) is 2. The number of nitro benzene ring substituents is 1. The Bertz CT molecular complexity index is 1010. The highest BCUT2D eigenvalue weighted by molar-refractivity contribution is 6.34. The third kappa shape index (κ3) is 5.92. The Balaban J connectivity index is 2.01. The molecule has 0 aliphatic heterocycles. The lowest BCUT2D eigenvalue weighted by Crippen LogP contribution is -2.22. The summed E-state index contributed by atoms with van der Waals surface area (Å²) in [5.41, 5.74) is 2.80. The first kappa shape index (κ1) is 22.6. The molecular formula is C19H19ClN4O6. The van der Waals surface area contributed by atoms with Gasteiger partial charge in [0.2, 0.25) is 5.91 Å². The van der Waals surface area contributed by atoms with Crippen LogP contribution >= 0.6 is 11.6 Å². The Morgan fingerprint density at radius 2 is 1.90 bits per heavy atom. The zero-order chi connectivity index (χ0) is 22.3. The highest BCUT2D eigenvalue weighted by Gasteiger charge is 2.15. The summed E-state index contributed by atoms with van der Waals surface area (Å²) in [5.74, 6) is -0.0434. The largest absolute Gasteiger partial charge is 0.497 e. The number of nitrogens with one attached hydrogen (secondary N) is 2. The number of nitrogens with zero attached hydrogens (tertiary/aromatic N) is 2. The number of amides is 2.